The third-order valence-electron chi connectivity index (χ3n) is 3.61. The summed E-state index contributed by atoms with van der Waals surface area (Å²) in [6, 6.07) is 4.18. The van der Waals surface area contributed by atoms with E-state index < -0.39 is 0 Å². The van der Waals surface area contributed by atoms with Crippen molar-refractivity contribution < 1.29 is 9.47 Å². The predicted molar refractivity (Wildman–Crippen MR) is 73.3 cm³/mol. The number of rotatable bonds is 1. The summed E-state index contributed by atoms with van der Waals surface area (Å²) in [6.45, 7) is 8.01. The van der Waals surface area contributed by atoms with Gasteiger partial charge in [-0.25, -0.2) is 9.97 Å². The first kappa shape index (κ1) is 12.5. The van der Waals surface area contributed by atoms with Crippen molar-refractivity contribution in [2.24, 2.45) is 0 Å². The fraction of sp³-hybridized carbons (Fsp3) is 0.467. The maximum Gasteiger partial charge on any atom is 0.125 e. The number of nitrogens with zero attached hydrogens (tertiary/aromatic N) is 2. The minimum Gasteiger partial charge on any atom is -0.376 e. The Balaban J connectivity index is 2.10. The average Bonchev–Trinajstić information content (AvgIpc) is 2.41. The molecule has 4 nitrogen and oxygen atoms in total. The van der Waals surface area contributed by atoms with Crippen molar-refractivity contribution in [3.05, 3.63) is 34.6 Å². The molecule has 1 fully saturated rings. The highest BCUT2D eigenvalue weighted by molar-refractivity contribution is 5.76. The molecule has 1 aliphatic rings. The molecule has 1 aromatic carbocycles. The van der Waals surface area contributed by atoms with Crippen LogP contribution >= 0.6 is 0 Å². The number of aryl methyl sites for hydroxylation is 3. The molecule has 1 aliphatic heterocycles. The molecule has 1 atom stereocenters. The summed E-state index contributed by atoms with van der Waals surface area (Å²) < 4.78 is 11.2. The predicted octanol–water partition coefficient (Wildman–Crippen LogP) is 2.64. The Hall–Kier alpha value is -1.52. The van der Waals surface area contributed by atoms with Crippen molar-refractivity contribution in [1.82, 2.24) is 9.97 Å². The molecule has 1 aromatic heterocycles. The van der Waals surface area contributed by atoms with Crippen LogP contribution in [0.25, 0.3) is 11.0 Å². The number of ether oxygens (including phenoxy) is 2. The van der Waals surface area contributed by atoms with Gasteiger partial charge in [-0.05, 0) is 44.0 Å². The van der Waals surface area contributed by atoms with E-state index >= 15 is 0 Å². The van der Waals surface area contributed by atoms with Crippen molar-refractivity contribution in [3.63, 3.8) is 0 Å². The third-order valence-corrected chi connectivity index (χ3v) is 3.61. The number of hydrogen-bond donors (Lipinski definition) is 0. The first-order valence-corrected chi connectivity index (χ1v) is 6.60. The molecule has 2 aromatic rings. The minimum atomic E-state index is -0.0905. The van der Waals surface area contributed by atoms with Crippen LogP contribution in [0.3, 0.4) is 0 Å². The van der Waals surface area contributed by atoms with Gasteiger partial charge in [0.15, 0.2) is 0 Å². The Morgan fingerprint density at radius 3 is 2.32 bits per heavy atom. The summed E-state index contributed by atoms with van der Waals surface area (Å²) in [4.78, 5) is 9.39. The Morgan fingerprint density at radius 1 is 1.00 bits per heavy atom. The zero-order chi connectivity index (χ0) is 13.4. The summed E-state index contributed by atoms with van der Waals surface area (Å²) in [5.74, 6) is 0. The molecular weight excluding hydrogens is 240 g/mol. The molecule has 100 valence electrons. The summed E-state index contributed by atoms with van der Waals surface area (Å²) >= 11 is 0. The zero-order valence-corrected chi connectivity index (χ0v) is 11.6. The molecule has 2 heterocycles. The molecule has 4 heteroatoms. The van der Waals surface area contributed by atoms with Gasteiger partial charge in [-0.3, -0.25) is 0 Å². The normalized spacial score (nSPS) is 19.8. The van der Waals surface area contributed by atoms with Crippen LogP contribution in [0.5, 0.6) is 0 Å². The molecule has 0 N–H and O–H groups in total. The van der Waals surface area contributed by atoms with E-state index in [1.807, 2.05) is 6.92 Å². The second kappa shape index (κ2) is 4.87. The Morgan fingerprint density at radius 2 is 1.68 bits per heavy atom. The van der Waals surface area contributed by atoms with Crippen molar-refractivity contribution in [3.8, 4) is 0 Å². The smallest absolute Gasteiger partial charge is 0.125 e. The molecule has 1 unspecified atom stereocenters. The van der Waals surface area contributed by atoms with Gasteiger partial charge in [-0.2, -0.15) is 0 Å². The van der Waals surface area contributed by atoms with Crippen molar-refractivity contribution in [1.29, 1.82) is 0 Å². The van der Waals surface area contributed by atoms with Gasteiger partial charge in [0.25, 0.3) is 0 Å². The van der Waals surface area contributed by atoms with Crippen LogP contribution in [0.1, 0.15) is 28.6 Å². The molecule has 0 amide bonds. The quantitative estimate of drug-likeness (QED) is 0.788. The lowest BCUT2D eigenvalue weighted by atomic mass is 10.1. The number of hydrogen-bond acceptors (Lipinski definition) is 4. The van der Waals surface area contributed by atoms with Gasteiger partial charge in [0.1, 0.15) is 6.10 Å². The second-order valence-corrected chi connectivity index (χ2v) is 5.05. The molecule has 0 aliphatic carbocycles. The first-order valence-electron chi connectivity index (χ1n) is 6.60. The van der Waals surface area contributed by atoms with E-state index in [1.54, 1.807) is 0 Å². The van der Waals surface area contributed by atoms with Gasteiger partial charge in [0.2, 0.25) is 0 Å². The molecule has 0 spiro atoms. The minimum absolute atomic E-state index is 0.0905. The van der Waals surface area contributed by atoms with Gasteiger partial charge in [-0.15, -0.1) is 0 Å². The first-order chi connectivity index (χ1) is 9.15. The van der Waals surface area contributed by atoms with E-state index in [1.165, 1.54) is 11.1 Å². The zero-order valence-electron chi connectivity index (χ0n) is 11.6. The summed E-state index contributed by atoms with van der Waals surface area (Å²) in [5, 5.41) is 0. The molecular formula is C15H18N2O2. The third kappa shape index (κ3) is 2.33. The molecule has 0 radical (unpaired) electrons. The van der Waals surface area contributed by atoms with Crippen LogP contribution in [0.4, 0.5) is 0 Å². The van der Waals surface area contributed by atoms with Crippen LogP contribution in [0.15, 0.2) is 12.1 Å². The van der Waals surface area contributed by atoms with E-state index in [-0.39, 0.29) is 6.10 Å². The molecule has 19 heavy (non-hydrogen) atoms. The maximum absolute atomic E-state index is 5.72. The molecule has 1 saturated heterocycles. The van der Waals surface area contributed by atoms with Crippen LogP contribution in [0.2, 0.25) is 0 Å². The van der Waals surface area contributed by atoms with Crippen molar-refractivity contribution in [2.45, 2.75) is 26.9 Å². The lowest BCUT2D eigenvalue weighted by molar-refractivity contribution is -0.0920. The standard InChI is InChI=1S/C15H18N2O2/c1-9-6-12-13(7-10(9)2)17-15(11(3)16-12)14-8-18-4-5-19-14/h6-7,14H,4-5,8H2,1-3H3. The van der Waals surface area contributed by atoms with Gasteiger partial charge in [0.05, 0.1) is 42.2 Å². The van der Waals surface area contributed by atoms with Gasteiger partial charge < -0.3 is 9.47 Å². The SMILES string of the molecule is Cc1cc2nc(C)c(C3COCCO3)nc2cc1C. The Labute approximate surface area is 112 Å². The summed E-state index contributed by atoms with van der Waals surface area (Å²) in [5.41, 5.74) is 6.17. The Kier molecular flexibility index (Phi) is 3.21. The van der Waals surface area contributed by atoms with E-state index in [4.69, 9.17) is 14.5 Å². The van der Waals surface area contributed by atoms with Crippen LogP contribution < -0.4 is 0 Å². The number of benzene rings is 1. The highest BCUT2D eigenvalue weighted by atomic mass is 16.6. The monoisotopic (exact) mass is 258 g/mol. The van der Waals surface area contributed by atoms with E-state index in [0.29, 0.717) is 19.8 Å². The summed E-state index contributed by atoms with van der Waals surface area (Å²) in [7, 11) is 0. The highest BCUT2D eigenvalue weighted by Crippen LogP contribution is 2.24. The topological polar surface area (TPSA) is 44.2 Å². The average molecular weight is 258 g/mol. The van der Waals surface area contributed by atoms with Crippen molar-refractivity contribution in [2.75, 3.05) is 19.8 Å². The molecule has 3 rings (SSSR count). The largest absolute Gasteiger partial charge is 0.376 e. The fourth-order valence-corrected chi connectivity index (χ4v) is 2.36. The van der Waals surface area contributed by atoms with Crippen molar-refractivity contribution >= 4 is 11.0 Å². The fourth-order valence-electron chi connectivity index (χ4n) is 2.36. The summed E-state index contributed by atoms with van der Waals surface area (Å²) in [6.07, 6.45) is -0.0905. The van der Waals surface area contributed by atoms with Crippen LogP contribution in [-0.4, -0.2) is 29.8 Å². The van der Waals surface area contributed by atoms with Gasteiger partial charge in [-0.1, -0.05) is 0 Å². The molecule has 0 saturated carbocycles. The maximum atomic E-state index is 5.72. The second-order valence-electron chi connectivity index (χ2n) is 5.05. The van der Waals surface area contributed by atoms with E-state index in [2.05, 4.69) is 31.0 Å². The Bertz CT molecular complexity index is 619. The number of aromatic nitrogens is 2. The van der Waals surface area contributed by atoms with Gasteiger partial charge in [0, 0.05) is 0 Å². The highest BCUT2D eigenvalue weighted by Gasteiger charge is 2.21. The lowest BCUT2D eigenvalue weighted by Gasteiger charge is -2.23. The lowest BCUT2D eigenvalue weighted by Crippen LogP contribution is -2.23. The van der Waals surface area contributed by atoms with Crippen LogP contribution in [-0.2, 0) is 9.47 Å². The van der Waals surface area contributed by atoms with E-state index in [0.717, 1.165) is 22.4 Å². The van der Waals surface area contributed by atoms with E-state index in [9.17, 15) is 0 Å². The number of fused-ring (bicyclic) bond motifs is 1. The molecule has 0 bridgehead atoms. The van der Waals surface area contributed by atoms with Gasteiger partial charge >= 0.3 is 0 Å². The van der Waals surface area contributed by atoms with Crippen LogP contribution in [0, 0.1) is 20.8 Å².